The lowest BCUT2D eigenvalue weighted by atomic mass is 10.0. The summed E-state index contributed by atoms with van der Waals surface area (Å²) < 4.78 is 16.8. The normalized spacial score (nSPS) is 10.5. The Hall–Kier alpha value is -3.47. The molecule has 0 aromatic heterocycles. The number of benzene rings is 3. The number of rotatable bonds is 12. The molecular weight excluding hydrogens is 392 g/mol. The molecule has 3 aromatic rings. The molecule has 0 saturated carbocycles. The van der Waals surface area contributed by atoms with Gasteiger partial charge in [0, 0.05) is 6.07 Å². The maximum absolute atomic E-state index is 10.9. The van der Waals surface area contributed by atoms with Crippen LogP contribution in [0.25, 0.3) is 11.1 Å². The highest BCUT2D eigenvalue weighted by atomic mass is 16.5. The standard InChI is InChI=1S/C26H28O5/c1-29-24-7-6-8-25(19-24)31-18-5-3-2-4-17-30-23-15-13-21(14-16-23)20-9-11-22(12-10-20)26(27)28/h6-16,19H,2-5,17-18H2,1H3,(H,27,28). The highest BCUT2D eigenvalue weighted by Crippen LogP contribution is 2.23. The largest absolute Gasteiger partial charge is 0.497 e. The Morgan fingerprint density at radius 2 is 1.26 bits per heavy atom. The van der Waals surface area contributed by atoms with Crippen molar-refractivity contribution in [2.24, 2.45) is 0 Å². The van der Waals surface area contributed by atoms with Crippen LogP contribution in [0.3, 0.4) is 0 Å². The van der Waals surface area contributed by atoms with E-state index in [0.29, 0.717) is 13.2 Å². The molecule has 1 N–H and O–H groups in total. The van der Waals surface area contributed by atoms with Gasteiger partial charge in [0.1, 0.15) is 17.2 Å². The van der Waals surface area contributed by atoms with Gasteiger partial charge in [-0.25, -0.2) is 4.79 Å². The second-order valence-corrected chi connectivity index (χ2v) is 7.20. The summed E-state index contributed by atoms with van der Waals surface area (Å²) in [5, 5.41) is 8.98. The molecular formula is C26H28O5. The van der Waals surface area contributed by atoms with Crippen molar-refractivity contribution in [3.63, 3.8) is 0 Å². The zero-order valence-corrected chi connectivity index (χ0v) is 17.8. The maximum Gasteiger partial charge on any atom is 0.335 e. The molecule has 0 fully saturated rings. The van der Waals surface area contributed by atoms with Crippen molar-refractivity contribution in [2.75, 3.05) is 20.3 Å². The second kappa shape index (κ2) is 11.6. The van der Waals surface area contributed by atoms with Gasteiger partial charge in [0.05, 0.1) is 25.9 Å². The molecule has 3 rings (SSSR count). The minimum Gasteiger partial charge on any atom is -0.497 e. The smallest absolute Gasteiger partial charge is 0.335 e. The maximum atomic E-state index is 10.9. The van der Waals surface area contributed by atoms with Crippen LogP contribution in [-0.4, -0.2) is 31.4 Å². The van der Waals surface area contributed by atoms with E-state index >= 15 is 0 Å². The molecule has 0 bridgehead atoms. The number of carbonyl (C=O) groups is 1. The number of hydrogen-bond acceptors (Lipinski definition) is 4. The molecule has 0 spiro atoms. The molecule has 0 atom stereocenters. The second-order valence-electron chi connectivity index (χ2n) is 7.20. The lowest BCUT2D eigenvalue weighted by Crippen LogP contribution is -2.00. The van der Waals surface area contributed by atoms with Gasteiger partial charge in [-0.1, -0.05) is 30.3 Å². The first-order valence-corrected chi connectivity index (χ1v) is 10.5. The van der Waals surface area contributed by atoms with Crippen LogP contribution in [0.5, 0.6) is 17.2 Å². The molecule has 0 heterocycles. The third-order valence-electron chi connectivity index (χ3n) is 4.94. The monoisotopic (exact) mass is 420 g/mol. The molecule has 5 heteroatoms. The zero-order valence-electron chi connectivity index (χ0n) is 17.8. The molecule has 0 saturated heterocycles. The van der Waals surface area contributed by atoms with Gasteiger partial charge in [-0.15, -0.1) is 0 Å². The molecule has 162 valence electrons. The third kappa shape index (κ3) is 7.07. The van der Waals surface area contributed by atoms with E-state index < -0.39 is 5.97 Å². The third-order valence-corrected chi connectivity index (χ3v) is 4.94. The van der Waals surface area contributed by atoms with Crippen LogP contribution < -0.4 is 14.2 Å². The molecule has 5 nitrogen and oxygen atoms in total. The molecule has 0 radical (unpaired) electrons. The fourth-order valence-corrected chi connectivity index (χ4v) is 3.18. The molecule has 3 aromatic carbocycles. The predicted octanol–water partition coefficient (Wildman–Crippen LogP) is 6.08. The first kappa shape index (κ1) is 22.2. The van der Waals surface area contributed by atoms with Gasteiger partial charge in [-0.05, 0) is 73.2 Å². The van der Waals surface area contributed by atoms with E-state index in [1.807, 2.05) is 60.7 Å². The van der Waals surface area contributed by atoms with Crippen molar-refractivity contribution in [3.8, 4) is 28.4 Å². The number of methoxy groups -OCH3 is 1. The molecule has 0 amide bonds. The Labute approximate surface area is 183 Å². The predicted molar refractivity (Wildman–Crippen MR) is 121 cm³/mol. The van der Waals surface area contributed by atoms with E-state index in [-0.39, 0.29) is 5.56 Å². The first-order valence-electron chi connectivity index (χ1n) is 10.5. The fraction of sp³-hybridized carbons (Fsp3) is 0.269. The summed E-state index contributed by atoms with van der Waals surface area (Å²) in [5.74, 6) is 1.56. The highest BCUT2D eigenvalue weighted by molar-refractivity contribution is 5.88. The number of hydrogen-bond donors (Lipinski definition) is 1. The fourth-order valence-electron chi connectivity index (χ4n) is 3.18. The van der Waals surface area contributed by atoms with Gasteiger partial charge < -0.3 is 19.3 Å². The van der Waals surface area contributed by atoms with E-state index in [4.69, 9.17) is 19.3 Å². The Morgan fingerprint density at radius 3 is 1.84 bits per heavy atom. The Bertz CT molecular complexity index is 948. The van der Waals surface area contributed by atoms with Gasteiger partial charge >= 0.3 is 5.97 Å². The molecule has 0 aliphatic heterocycles. The van der Waals surface area contributed by atoms with Crippen LogP contribution in [-0.2, 0) is 0 Å². The number of carboxylic acids is 1. The Balaban J connectivity index is 1.30. The average molecular weight is 421 g/mol. The van der Waals surface area contributed by atoms with E-state index in [2.05, 4.69) is 0 Å². The van der Waals surface area contributed by atoms with Crippen molar-refractivity contribution < 1.29 is 24.1 Å². The topological polar surface area (TPSA) is 65.0 Å². The number of ether oxygens (including phenoxy) is 3. The van der Waals surface area contributed by atoms with Crippen molar-refractivity contribution >= 4 is 5.97 Å². The van der Waals surface area contributed by atoms with E-state index in [0.717, 1.165) is 54.1 Å². The summed E-state index contributed by atoms with van der Waals surface area (Å²) in [5.41, 5.74) is 2.30. The number of aromatic carboxylic acids is 1. The van der Waals surface area contributed by atoms with Gasteiger partial charge in [-0.2, -0.15) is 0 Å². The van der Waals surface area contributed by atoms with Crippen LogP contribution in [0, 0.1) is 0 Å². The average Bonchev–Trinajstić information content (AvgIpc) is 2.81. The lowest BCUT2D eigenvalue weighted by molar-refractivity contribution is 0.0697. The first-order chi connectivity index (χ1) is 15.2. The summed E-state index contributed by atoms with van der Waals surface area (Å²) >= 11 is 0. The Kier molecular flexibility index (Phi) is 8.35. The molecule has 31 heavy (non-hydrogen) atoms. The molecule has 0 unspecified atom stereocenters. The van der Waals surface area contributed by atoms with Crippen LogP contribution in [0.1, 0.15) is 36.0 Å². The van der Waals surface area contributed by atoms with Gasteiger partial charge in [-0.3, -0.25) is 0 Å². The van der Waals surface area contributed by atoms with Gasteiger partial charge in [0.2, 0.25) is 0 Å². The van der Waals surface area contributed by atoms with Crippen LogP contribution in [0.4, 0.5) is 0 Å². The minimum atomic E-state index is -0.917. The molecule has 0 aliphatic rings. The molecule has 0 aliphatic carbocycles. The number of unbranched alkanes of at least 4 members (excludes halogenated alkanes) is 3. The van der Waals surface area contributed by atoms with E-state index in [9.17, 15) is 4.79 Å². The summed E-state index contributed by atoms with van der Waals surface area (Å²) in [4.78, 5) is 10.9. The summed E-state index contributed by atoms with van der Waals surface area (Å²) in [6, 6.07) is 22.4. The van der Waals surface area contributed by atoms with Crippen molar-refractivity contribution in [3.05, 3.63) is 78.4 Å². The zero-order chi connectivity index (χ0) is 21.9. The SMILES string of the molecule is COc1cccc(OCCCCCCOc2ccc(-c3ccc(C(=O)O)cc3)cc2)c1. The highest BCUT2D eigenvalue weighted by Gasteiger charge is 2.04. The van der Waals surface area contributed by atoms with Gasteiger partial charge in [0.15, 0.2) is 0 Å². The van der Waals surface area contributed by atoms with Gasteiger partial charge in [0.25, 0.3) is 0 Å². The van der Waals surface area contributed by atoms with Crippen molar-refractivity contribution in [2.45, 2.75) is 25.7 Å². The van der Waals surface area contributed by atoms with Crippen molar-refractivity contribution in [1.82, 2.24) is 0 Å². The van der Waals surface area contributed by atoms with Crippen LogP contribution in [0.2, 0.25) is 0 Å². The van der Waals surface area contributed by atoms with Crippen LogP contribution >= 0.6 is 0 Å². The number of carboxylic acid groups (broad SMARTS) is 1. The quantitative estimate of drug-likeness (QED) is 0.360. The van der Waals surface area contributed by atoms with Crippen molar-refractivity contribution in [1.29, 1.82) is 0 Å². The summed E-state index contributed by atoms with van der Waals surface area (Å²) in [7, 11) is 1.65. The van der Waals surface area contributed by atoms with E-state index in [1.165, 1.54) is 0 Å². The van der Waals surface area contributed by atoms with E-state index in [1.54, 1.807) is 19.2 Å². The summed E-state index contributed by atoms with van der Waals surface area (Å²) in [6.45, 7) is 1.38. The minimum absolute atomic E-state index is 0.288. The summed E-state index contributed by atoms with van der Waals surface area (Å²) in [6.07, 6.45) is 4.19. The lowest BCUT2D eigenvalue weighted by Gasteiger charge is -2.09. The Morgan fingerprint density at radius 1 is 0.710 bits per heavy atom. The van der Waals surface area contributed by atoms with Crippen LogP contribution in [0.15, 0.2) is 72.8 Å².